The molecule has 0 unspecified atom stereocenters. The van der Waals surface area contributed by atoms with Crippen LogP contribution in [0.2, 0.25) is 0 Å². The molecule has 0 radical (unpaired) electrons. The van der Waals surface area contributed by atoms with E-state index in [9.17, 15) is 14.7 Å². The van der Waals surface area contributed by atoms with Gasteiger partial charge in [-0.2, -0.15) is 0 Å². The van der Waals surface area contributed by atoms with Crippen LogP contribution in [-0.4, -0.2) is 78.3 Å². The molecule has 3 N–H and O–H groups in total. The second-order valence-corrected chi connectivity index (χ2v) is 10.8. The molecule has 1 aromatic rings. The zero-order valence-electron chi connectivity index (χ0n) is 22.0. The summed E-state index contributed by atoms with van der Waals surface area (Å²) >= 11 is 0. The highest BCUT2D eigenvalue weighted by molar-refractivity contribution is 6.01. The molecule has 8 heteroatoms. The van der Waals surface area contributed by atoms with Gasteiger partial charge in [0.05, 0.1) is 23.9 Å². The van der Waals surface area contributed by atoms with Crippen LogP contribution in [0.5, 0.6) is 5.75 Å². The van der Waals surface area contributed by atoms with Crippen LogP contribution in [0.15, 0.2) is 18.2 Å². The highest BCUT2D eigenvalue weighted by Crippen LogP contribution is 2.35. The van der Waals surface area contributed by atoms with Crippen molar-refractivity contribution in [1.82, 2.24) is 15.1 Å². The third-order valence-electron chi connectivity index (χ3n) is 7.15. The first kappa shape index (κ1) is 27.3. The van der Waals surface area contributed by atoms with E-state index < -0.39 is 0 Å². The van der Waals surface area contributed by atoms with E-state index in [0.29, 0.717) is 29.5 Å². The highest BCUT2D eigenvalue weighted by Gasteiger charge is 2.35. The molecule has 3 amide bonds. The van der Waals surface area contributed by atoms with Gasteiger partial charge in [-0.1, -0.05) is 32.3 Å². The van der Waals surface area contributed by atoms with E-state index in [1.54, 1.807) is 23.1 Å². The molecule has 2 aliphatic rings. The van der Waals surface area contributed by atoms with Gasteiger partial charge in [-0.15, -0.1) is 0 Å². The van der Waals surface area contributed by atoms with Gasteiger partial charge in [0.25, 0.3) is 5.91 Å². The van der Waals surface area contributed by atoms with Crippen LogP contribution in [-0.2, 0) is 0 Å². The fourth-order valence-electron chi connectivity index (χ4n) is 5.17. The standard InChI is InChI=1S/C27H44N4O4/c1-18(2)28-27(34)29-23-13-9-12-22-25(23)35-24(16-30(5)15-21-10-7-6-8-11-21)19(3)14-31(26(22)33)20(4)17-32/h9,12-13,18-21,24,32H,6-8,10-11,14-17H2,1-5H3,(H2,28,29,34)/t19-,20-,24-/m0/s1. The van der Waals surface area contributed by atoms with Crippen LogP contribution in [0.4, 0.5) is 10.5 Å². The van der Waals surface area contributed by atoms with Crippen molar-refractivity contribution in [2.24, 2.45) is 11.8 Å². The minimum Gasteiger partial charge on any atom is -0.486 e. The fraction of sp³-hybridized carbons (Fsp3) is 0.704. The van der Waals surface area contributed by atoms with Gasteiger partial charge in [0.15, 0.2) is 5.75 Å². The van der Waals surface area contributed by atoms with Gasteiger partial charge in [-0.25, -0.2) is 4.79 Å². The SMILES string of the molecule is CC(C)NC(=O)Nc1cccc2c1O[C@@H](CN(C)CC1CCCCC1)[C@@H](C)CN([C@@H](C)CO)C2=O. The number of rotatable bonds is 8. The lowest BCUT2D eigenvalue weighted by atomic mass is 9.89. The molecule has 0 saturated heterocycles. The Kier molecular flexibility index (Phi) is 9.80. The number of carbonyl (C=O) groups excluding carboxylic acids is 2. The summed E-state index contributed by atoms with van der Waals surface area (Å²) in [6, 6.07) is 4.57. The number of urea groups is 1. The number of ether oxygens (including phenoxy) is 1. The number of hydrogen-bond donors (Lipinski definition) is 3. The predicted octanol–water partition coefficient (Wildman–Crippen LogP) is 3.95. The largest absolute Gasteiger partial charge is 0.486 e. The van der Waals surface area contributed by atoms with E-state index in [0.717, 1.165) is 13.1 Å². The van der Waals surface area contributed by atoms with E-state index in [2.05, 4.69) is 29.5 Å². The van der Waals surface area contributed by atoms with Crippen molar-refractivity contribution in [1.29, 1.82) is 0 Å². The number of anilines is 1. The number of aliphatic hydroxyl groups is 1. The normalized spacial score (nSPS) is 22.3. The summed E-state index contributed by atoms with van der Waals surface area (Å²) in [5.74, 6) is 0.950. The molecule has 1 saturated carbocycles. The van der Waals surface area contributed by atoms with Crippen molar-refractivity contribution in [3.63, 3.8) is 0 Å². The van der Waals surface area contributed by atoms with Gasteiger partial charge >= 0.3 is 6.03 Å². The maximum Gasteiger partial charge on any atom is 0.319 e. The molecule has 3 atom stereocenters. The third-order valence-corrected chi connectivity index (χ3v) is 7.15. The monoisotopic (exact) mass is 488 g/mol. The molecule has 35 heavy (non-hydrogen) atoms. The smallest absolute Gasteiger partial charge is 0.319 e. The van der Waals surface area contributed by atoms with Gasteiger partial charge in [0, 0.05) is 31.6 Å². The van der Waals surface area contributed by atoms with Gasteiger partial charge in [0.2, 0.25) is 0 Å². The first-order valence-electron chi connectivity index (χ1n) is 13.2. The lowest BCUT2D eigenvalue weighted by Crippen LogP contribution is -2.50. The second-order valence-electron chi connectivity index (χ2n) is 10.8. The maximum absolute atomic E-state index is 13.5. The first-order chi connectivity index (χ1) is 16.7. The number of aliphatic hydroxyl groups excluding tert-OH is 1. The average molecular weight is 489 g/mol. The van der Waals surface area contributed by atoms with Gasteiger partial charge in [0.1, 0.15) is 6.10 Å². The summed E-state index contributed by atoms with van der Waals surface area (Å²) in [4.78, 5) is 30.1. The Hall–Kier alpha value is -2.32. The van der Waals surface area contributed by atoms with Crippen molar-refractivity contribution in [3.8, 4) is 5.75 Å². The van der Waals surface area contributed by atoms with E-state index in [4.69, 9.17) is 4.74 Å². The minimum absolute atomic E-state index is 0.0230. The summed E-state index contributed by atoms with van der Waals surface area (Å²) in [5.41, 5.74) is 0.874. The second kappa shape index (κ2) is 12.6. The maximum atomic E-state index is 13.5. The number of hydrogen-bond acceptors (Lipinski definition) is 5. The summed E-state index contributed by atoms with van der Waals surface area (Å²) in [7, 11) is 2.14. The molecule has 1 aromatic carbocycles. The molecule has 0 bridgehead atoms. The molecule has 1 aliphatic heterocycles. The molecular formula is C27H44N4O4. The summed E-state index contributed by atoms with van der Waals surface area (Å²) in [6.07, 6.45) is 6.34. The number of benzene rings is 1. The molecule has 1 heterocycles. The highest BCUT2D eigenvalue weighted by atomic mass is 16.5. The predicted molar refractivity (Wildman–Crippen MR) is 139 cm³/mol. The van der Waals surface area contributed by atoms with Crippen LogP contribution in [0.3, 0.4) is 0 Å². The van der Waals surface area contributed by atoms with Gasteiger partial charge in [-0.05, 0) is 58.7 Å². The Balaban J connectivity index is 1.90. The molecule has 196 valence electrons. The fourth-order valence-corrected chi connectivity index (χ4v) is 5.17. The van der Waals surface area contributed by atoms with Crippen LogP contribution >= 0.6 is 0 Å². The molecular weight excluding hydrogens is 444 g/mol. The molecule has 3 rings (SSSR count). The van der Waals surface area contributed by atoms with Gasteiger partial charge in [-0.3, -0.25) is 4.79 Å². The van der Waals surface area contributed by atoms with Crippen molar-refractivity contribution < 1.29 is 19.4 Å². The van der Waals surface area contributed by atoms with Crippen LogP contribution in [0, 0.1) is 11.8 Å². The number of nitrogens with zero attached hydrogens (tertiary/aromatic N) is 2. The number of likely N-dealkylation sites (N-methyl/N-ethyl adjacent to an activating group) is 1. The Morgan fingerprint density at radius 3 is 2.57 bits per heavy atom. The van der Waals surface area contributed by atoms with Crippen molar-refractivity contribution >= 4 is 17.6 Å². The molecule has 0 aromatic heterocycles. The lowest BCUT2D eigenvalue weighted by molar-refractivity contribution is 0.0333. The number of carbonyl (C=O) groups is 2. The topological polar surface area (TPSA) is 94.1 Å². The van der Waals surface area contributed by atoms with Crippen molar-refractivity contribution in [3.05, 3.63) is 23.8 Å². The summed E-state index contributed by atoms with van der Waals surface area (Å²) in [5, 5.41) is 15.6. The van der Waals surface area contributed by atoms with Crippen molar-refractivity contribution in [2.45, 2.75) is 78.0 Å². The molecule has 1 aliphatic carbocycles. The number of amides is 3. The molecule has 1 fully saturated rings. The third kappa shape index (κ3) is 7.34. The van der Waals surface area contributed by atoms with E-state index in [1.807, 2.05) is 20.8 Å². The Labute approximate surface area is 210 Å². The number of nitrogens with one attached hydrogen (secondary N) is 2. The van der Waals surface area contributed by atoms with Crippen molar-refractivity contribution in [2.75, 3.05) is 38.6 Å². The zero-order valence-corrected chi connectivity index (χ0v) is 22.0. The average Bonchev–Trinajstić information content (AvgIpc) is 2.81. The van der Waals surface area contributed by atoms with E-state index >= 15 is 0 Å². The first-order valence-corrected chi connectivity index (χ1v) is 13.2. The van der Waals surface area contributed by atoms with Gasteiger partial charge < -0.3 is 30.3 Å². The lowest BCUT2D eigenvalue weighted by Gasteiger charge is -2.39. The Morgan fingerprint density at radius 2 is 1.91 bits per heavy atom. The van der Waals surface area contributed by atoms with E-state index in [-0.39, 0.29) is 42.7 Å². The van der Waals surface area contributed by atoms with Crippen LogP contribution < -0.4 is 15.4 Å². The van der Waals surface area contributed by atoms with Crippen LogP contribution in [0.1, 0.15) is 70.2 Å². The minimum atomic E-state index is -0.342. The molecule has 8 nitrogen and oxygen atoms in total. The quantitative estimate of drug-likeness (QED) is 0.515. The summed E-state index contributed by atoms with van der Waals surface area (Å²) < 4.78 is 6.58. The molecule has 0 spiro atoms. The van der Waals surface area contributed by atoms with E-state index in [1.165, 1.54) is 32.1 Å². The summed E-state index contributed by atoms with van der Waals surface area (Å²) in [6.45, 7) is 9.87. The number of fused-ring (bicyclic) bond motifs is 1. The van der Waals surface area contributed by atoms with Crippen LogP contribution in [0.25, 0.3) is 0 Å². The Morgan fingerprint density at radius 1 is 1.20 bits per heavy atom. The Bertz CT molecular complexity index is 856. The number of para-hydroxylation sites is 1. The zero-order chi connectivity index (χ0) is 25.5.